The summed E-state index contributed by atoms with van der Waals surface area (Å²) in [6.45, 7) is 1.81. The molecular weight excluding hydrogens is 542 g/mol. The fourth-order valence-corrected chi connectivity index (χ4v) is 6.37. The maximum absolute atomic E-state index is 13.3. The van der Waals surface area contributed by atoms with E-state index in [0.717, 1.165) is 0 Å². The first-order valence-corrected chi connectivity index (χ1v) is 13.9. The Morgan fingerprint density at radius 3 is 2.79 bits per heavy atom. The van der Waals surface area contributed by atoms with Gasteiger partial charge in [0.25, 0.3) is 6.43 Å². The topological polar surface area (TPSA) is 157 Å². The van der Waals surface area contributed by atoms with Crippen molar-refractivity contribution in [1.82, 2.24) is 29.5 Å². The molecule has 0 spiro atoms. The third-order valence-electron chi connectivity index (χ3n) is 6.31. The molecule has 4 heterocycles. The van der Waals surface area contributed by atoms with Crippen LogP contribution in [-0.2, 0) is 19.5 Å². The van der Waals surface area contributed by atoms with E-state index in [1.807, 2.05) is 6.07 Å². The molecule has 1 aromatic carbocycles. The Morgan fingerprint density at radius 2 is 2.11 bits per heavy atom. The number of anilines is 1. The van der Waals surface area contributed by atoms with Crippen molar-refractivity contribution in [3.63, 3.8) is 0 Å². The first kappa shape index (κ1) is 24.9. The molecule has 2 N–H and O–H groups in total. The zero-order valence-electron chi connectivity index (χ0n) is 19.6. The zero-order chi connectivity index (χ0) is 26.5. The lowest BCUT2D eigenvalue weighted by atomic mass is 10.2. The van der Waals surface area contributed by atoms with Gasteiger partial charge >= 0.3 is 0 Å². The van der Waals surface area contributed by atoms with Crippen molar-refractivity contribution in [1.29, 1.82) is 5.26 Å². The highest BCUT2D eigenvalue weighted by Gasteiger charge is 2.46. The van der Waals surface area contributed by atoms with Crippen molar-refractivity contribution in [2.24, 2.45) is 0 Å². The Kier molecular flexibility index (Phi) is 6.19. The molecule has 2 aliphatic rings. The van der Waals surface area contributed by atoms with Gasteiger partial charge in [0.05, 0.1) is 47.8 Å². The smallest absolute Gasteiger partial charge is 0.291 e. The van der Waals surface area contributed by atoms with E-state index in [1.54, 1.807) is 6.07 Å². The molecule has 38 heavy (non-hydrogen) atoms. The van der Waals surface area contributed by atoms with Gasteiger partial charge in [0.15, 0.2) is 10.7 Å². The molecular formula is C22H20F2N8O4S2. The molecule has 1 aliphatic heterocycles. The standard InChI is InChI=1S/C22H20F2N8O4S2/c23-17(24)20-29-30-21(37-20)32-15-7-13(38(33,34)31-22(10-25)3-4-22)1-2-14(15)16-18(27-11-28-19(16)32)26-8-12-9-35-5-6-36-12/h1-2,7,11-12,17,31H,3-6,8-9H2,(H,26,27,28). The molecule has 0 amide bonds. The van der Waals surface area contributed by atoms with E-state index in [4.69, 9.17) is 9.47 Å². The monoisotopic (exact) mass is 562 g/mol. The van der Waals surface area contributed by atoms with E-state index in [9.17, 15) is 22.5 Å². The van der Waals surface area contributed by atoms with Gasteiger partial charge < -0.3 is 14.8 Å². The Labute approximate surface area is 218 Å². The number of aromatic nitrogens is 5. The minimum absolute atomic E-state index is 0.0900. The molecule has 16 heteroatoms. The minimum atomic E-state index is -4.06. The molecule has 6 rings (SSSR count). The minimum Gasteiger partial charge on any atom is -0.376 e. The molecule has 0 bridgehead atoms. The molecule has 1 atom stereocenters. The summed E-state index contributed by atoms with van der Waals surface area (Å²) in [5.41, 5.74) is -0.435. The molecule has 1 saturated heterocycles. The Morgan fingerprint density at radius 1 is 1.26 bits per heavy atom. The second-order valence-corrected chi connectivity index (χ2v) is 11.6. The van der Waals surface area contributed by atoms with Gasteiger partial charge in [0, 0.05) is 11.9 Å². The number of hydrogen-bond donors (Lipinski definition) is 2. The number of benzene rings is 1. The van der Waals surface area contributed by atoms with Crippen molar-refractivity contribution in [3.8, 4) is 11.2 Å². The maximum atomic E-state index is 13.3. The summed E-state index contributed by atoms with van der Waals surface area (Å²) < 4.78 is 68.0. The van der Waals surface area contributed by atoms with Crippen LogP contribution in [0.4, 0.5) is 14.6 Å². The second-order valence-electron chi connectivity index (χ2n) is 8.91. The number of sulfonamides is 1. The van der Waals surface area contributed by atoms with Crippen LogP contribution in [0.2, 0.25) is 0 Å². The molecule has 12 nitrogen and oxygen atoms in total. The van der Waals surface area contributed by atoms with Gasteiger partial charge in [0.1, 0.15) is 17.7 Å². The number of nitriles is 1. The molecule has 2 fully saturated rings. The van der Waals surface area contributed by atoms with Gasteiger partial charge in [-0.1, -0.05) is 17.4 Å². The predicted molar refractivity (Wildman–Crippen MR) is 132 cm³/mol. The maximum Gasteiger partial charge on any atom is 0.291 e. The third kappa shape index (κ3) is 4.46. The Balaban J connectivity index is 1.50. The summed E-state index contributed by atoms with van der Waals surface area (Å²) in [5, 5.41) is 20.8. The summed E-state index contributed by atoms with van der Waals surface area (Å²) >= 11 is 0.673. The average Bonchev–Trinajstić information content (AvgIpc) is 3.36. The van der Waals surface area contributed by atoms with Crippen LogP contribution in [0, 0.1) is 11.3 Å². The van der Waals surface area contributed by atoms with E-state index in [2.05, 4.69) is 30.2 Å². The first-order valence-electron chi connectivity index (χ1n) is 11.6. The molecule has 0 radical (unpaired) electrons. The van der Waals surface area contributed by atoms with Gasteiger partial charge in [-0.2, -0.15) is 9.98 Å². The fraction of sp³-hybridized carbons (Fsp3) is 0.409. The molecule has 1 unspecified atom stereocenters. The van der Waals surface area contributed by atoms with Crippen LogP contribution < -0.4 is 10.0 Å². The Bertz CT molecular complexity index is 1670. The number of ether oxygens (including phenoxy) is 2. The van der Waals surface area contributed by atoms with Crippen LogP contribution in [0.25, 0.3) is 27.1 Å². The van der Waals surface area contributed by atoms with Crippen molar-refractivity contribution in [2.45, 2.75) is 35.8 Å². The van der Waals surface area contributed by atoms with Gasteiger partial charge in [0.2, 0.25) is 15.2 Å². The van der Waals surface area contributed by atoms with E-state index in [0.29, 0.717) is 78.3 Å². The van der Waals surface area contributed by atoms with E-state index < -0.39 is 27.0 Å². The lowest BCUT2D eigenvalue weighted by Crippen LogP contribution is -2.35. The number of nitrogens with one attached hydrogen (secondary N) is 2. The fourth-order valence-electron chi connectivity index (χ4n) is 4.26. The Hall–Kier alpha value is -3.36. The molecule has 1 aliphatic carbocycles. The number of hydrogen-bond acceptors (Lipinski definition) is 11. The van der Waals surface area contributed by atoms with E-state index in [-0.39, 0.29) is 16.1 Å². The number of halogens is 2. The van der Waals surface area contributed by atoms with E-state index in [1.165, 1.54) is 23.0 Å². The third-order valence-corrected chi connectivity index (χ3v) is 8.76. The summed E-state index contributed by atoms with van der Waals surface area (Å²) in [5.74, 6) is 0.446. The van der Waals surface area contributed by atoms with Gasteiger partial charge in [-0.3, -0.25) is 4.57 Å². The van der Waals surface area contributed by atoms with Gasteiger partial charge in [-0.25, -0.2) is 27.2 Å². The lowest BCUT2D eigenvalue weighted by Gasteiger charge is -2.23. The highest BCUT2D eigenvalue weighted by molar-refractivity contribution is 7.89. The summed E-state index contributed by atoms with van der Waals surface area (Å²) in [7, 11) is -4.06. The summed E-state index contributed by atoms with van der Waals surface area (Å²) in [4.78, 5) is 8.65. The highest BCUT2D eigenvalue weighted by Crippen LogP contribution is 2.39. The second kappa shape index (κ2) is 9.43. The predicted octanol–water partition coefficient (Wildman–Crippen LogP) is 2.52. The van der Waals surface area contributed by atoms with Crippen LogP contribution in [-0.4, -0.2) is 71.2 Å². The average molecular weight is 563 g/mol. The number of rotatable bonds is 8. The number of alkyl halides is 2. The van der Waals surface area contributed by atoms with Crippen LogP contribution in [0.1, 0.15) is 24.3 Å². The van der Waals surface area contributed by atoms with Crippen molar-refractivity contribution >= 4 is 49.1 Å². The lowest BCUT2D eigenvalue weighted by molar-refractivity contribution is -0.0819. The summed E-state index contributed by atoms with van der Waals surface area (Å²) in [6, 6.07) is 6.42. The van der Waals surface area contributed by atoms with Crippen molar-refractivity contribution in [2.75, 3.05) is 31.7 Å². The highest BCUT2D eigenvalue weighted by atomic mass is 32.2. The quantitative estimate of drug-likeness (QED) is 0.327. The number of nitrogens with zero attached hydrogens (tertiary/aromatic N) is 6. The van der Waals surface area contributed by atoms with Crippen molar-refractivity contribution < 1.29 is 26.7 Å². The normalized spacial score (nSPS) is 19.2. The summed E-state index contributed by atoms with van der Waals surface area (Å²) in [6.07, 6.45) is -0.855. The number of fused-ring (bicyclic) bond motifs is 3. The van der Waals surface area contributed by atoms with E-state index >= 15 is 0 Å². The largest absolute Gasteiger partial charge is 0.376 e. The van der Waals surface area contributed by atoms with Gasteiger partial charge in [-0.05, 0) is 25.0 Å². The first-order chi connectivity index (χ1) is 18.3. The van der Waals surface area contributed by atoms with Crippen LogP contribution in [0.5, 0.6) is 0 Å². The van der Waals surface area contributed by atoms with Crippen molar-refractivity contribution in [3.05, 3.63) is 29.5 Å². The SMILES string of the molecule is N#CC1(NS(=O)(=O)c2ccc3c4c(NCC5COCCO5)ncnc4n(-c4nnc(C(F)F)s4)c3c2)CC1. The zero-order valence-corrected chi connectivity index (χ0v) is 21.2. The molecule has 4 aromatic rings. The molecule has 198 valence electrons. The van der Waals surface area contributed by atoms with Crippen LogP contribution in [0.3, 0.4) is 0 Å². The van der Waals surface area contributed by atoms with Gasteiger partial charge in [-0.15, -0.1) is 10.2 Å². The van der Waals surface area contributed by atoms with Crippen LogP contribution >= 0.6 is 11.3 Å². The van der Waals surface area contributed by atoms with Crippen LogP contribution in [0.15, 0.2) is 29.4 Å². The molecule has 3 aromatic heterocycles. The molecule has 1 saturated carbocycles.